The maximum Gasteiger partial charge on any atom is 0.275 e. The van der Waals surface area contributed by atoms with Crippen molar-refractivity contribution in [3.63, 3.8) is 0 Å². The third kappa shape index (κ3) is 5.90. The molecule has 0 aliphatic rings. The molecule has 1 rings (SSSR count). The molecule has 1 aromatic carbocycles. The molecule has 0 aliphatic heterocycles. The summed E-state index contributed by atoms with van der Waals surface area (Å²) in [6.07, 6.45) is -1.32. The van der Waals surface area contributed by atoms with Crippen molar-refractivity contribution in [1.29, 1.82) is 0 Å². The molecule has 7 heteroatoms. The normalized spacial score (nSPS) is 11.8. The number of nitrogens with zero attached hydrogens (tertiary/aromatic N) is 1. The minimum absolute atomic E-state index is 0.107. The van der Waals surface area contributed by atoms with Gasteiger partial charge in [0.2, 0.25) is 5.91 Å². The van der Waals surface area contributed by atoms with Crippen molar-refractivity contribution in [2.45, 2.75) is 26.1 Å². The summed E-state index contributed by atoms with van der Waals surface area (Å²) in [6, 6.07) is 9.24. The Morgan fingerprint density at radius 2 is 2.00 bits per heavy atom. The second kappa shape index (κ2) is 9.06. The standard InChI is InChI=1S/C14H20N2O5/c1-3-16(19)14(18)12(9-13(17)15-20-2)21-10-11-7-5-4-6-8-11/h4-8,12,19H,3,9-10H2,1-2H3,(H,15,17). The zero-order valence-corrected chi connectivity index (χ0v) is 12.1. The monoisotopic (exact) mass is 296 g/mol. The van der Waals surface area contributed by atoms with Crippen LogP contribution in [0.4, 0.5) is 0 Å². The fourth-order valence-electron chi connectivity index (χ4n) is 1.63. The number of benzene rings is 1. The van der Waals surface area contributed by atoms with Gasteiger partial charge in [-0.2, -0.15) is 0 Å². The summed E-state index contributed by atoms with van der Waals surface area (Å²) in [6.45, 7) is 1.88. The molecule has 1 atom stereocenters. The molecule has 0 radical (unpaired) electrons. The summed E-state index contributed by atoms with van der Waals surface area (Å²) in [4.78, 5) is 28.0. The second-order valence-corrected chi connectivity index (χ2v) is 4.27. The summed E-state index contributed by atoms with van der Waals surface area (Å²) in [5, 5.41) is 10.0. The van der Waals surface area contributed by atoms with E-state index in [4.69, 9.17) is 4.74 Å². The number of hydroxylamine groups is 3. The van der Waals surface area contributed by atoms with Crippen molar-refractivity contribution in [3.8, 4) is 0 Å². The van der Waals surface area contributed by atoms with Crippen molar-refractivity contribution in [2.24, 2.45) is 0 Å². The van der Waals surface area contributed by atoms with E-state index in [1.807, 2.05) is 30.3 Å². The van der Waals surface area contributed by atoms with Gasteiger partial charge in [-0.1, -0.05) is 30.3 Å². The minimum atomic E-state index is -1.08. The highest BCUT2D eigenvalue weighted by Crippen LogP contribution is 2.09. The first-order valence-corrected chi connectivity index (χ1v) is 6.56. The first-order valence-electron chi connectivity index (χ1n) is 6.56. The number of nitrogens with one attached hydrogen (secondary N) is 1. The van der Waals surface area contributed by atoms with Crippen molar-refractivity contribution < 1.29 is 24.4 Å². The largest absolute Gasteiger partial charge is 0.363 e. The van der Waals surface area contributed by atoms with Gasteiger partial charge in [0.15, 0.2) is 0 Å². The fraction of sp³-hybridized carbons (Fsp3) is 0.429. The van der Waals surface area contributed by atoms with E-state index in [-0.39, 0.29) is 19.6 Å². The maximum atomic E-state index is 12.0. The van der Waals surface area contributed by atoms with Gasteiger partial charge in [0.25, 0.3) is 5.91 Å². The molecule has 0 bridgehead atoms. The zero-order chi connectivity index (χ0) is 15.7. The lowest BCUT2D eigenvalue weighted by Crippen LogP contribution is -2.41. The first kappa shape index (κ1) is 17.1. The maximum absolute atomic E-state index is 12.0. The lowest BCUT2D eigenvalue weighted by molar-refractivity contribution is -0.179. The fourth-order valence-corrected chi connectivity index (χ4v) is 1.63. The molecule has 1 aromatic rings. The highest BCUT2D eigenvalue weighted by Gasteiger charge is 2.26. The molecule has 0 saturated heterocycles. The van der Waals surface area contributed by atoms with Gasteiger partial charge in [-0.15, -0.1) is 0 Å². The molecule has 116 valence electrons. The Morgan fingerprint density at radius 1 is 1.33 bits per heavy atom. The van der Waals surface area contributed by atoms with Crippen LogP contribution in [0, 0.1) is 0 Å². The average Bonchev–Trinajstić information content (AvgIpc) is 2.51. The summed E-state index contributed by atoms with van der Waals surface area (Å²) in [7, 11) is 1.30. The van der Waals surface area contributed by atoms with E-state index < -0.39 is 17.9 Å². The molecule has 1 unspecified atom stereocenters. The van der Waals surface area contributed by atoms with Crippen molar-refractivity contribution in [1.82, 2.24) is 10.5 Å². The van der Waals surface area contributed by atoms with Gasteiger partial charge in [-0.25, -0.2) is 10.5 Å². The Bertz CT molecular complexity index is 452. The van der Waals surface area contributed by atoms with Crippen molar-refractivity contribution >= 4 is 11.8 Å². The van der Waals surface area contributed by atoms with Crippen LogP contribution in [0.15, 0.2) is 30.3 Å². The molecule has 2 amide bonds. The highest BCUT2D eigenvalue weighted by molar-refractivity contribution is 5.86. The van der Waals surface area contributed by atoms with Crippen LogP contribution in [0.2, 0.25) is 0 Å². The van der Waals surface area contributed by atoms with E-state index in [0.717, 1.165) is 5.56 Å². The second-order valence-electron chi connectivity index (χ2n) is 4.27. The zero-order valence-electron chi connectivity index (χ0n) is 12.1. The number of carbonyl (C=O) groups is 2. The summed E-state index contributed by atoms with van der Waals surface area (Å²) in [5.41, 5.74) is 2.98. The topological polar surface area (TPSA) is 88.1 Å². The van der Waals surface area contributed by atoms with Crippen LogP contribution in [0.25, 0.3) is 0 Å². The lowest BCUT2D eigenvalue weighted by atomic mass is 10.2. The molecular formula is C14H20N2O5. The van der Waals surface area contributed by atoms with Crippen LogP contribution >= 0.6 is 0 Å². The van der Waals surface area contributed by atoms with Gasteiger partial charge >= 0.3 is 0 Å². The minimum Gasteiger partial charge on any atom is -0.363 e. The molecule has 0 saturated carbocycles. The molecule has 0 spiro atoms. The molecule has 0 aromatic heterocycles. The summed E-state index contributed by atoms with van der Waals surface area (Å²) >= 11 is 0. The third-order valence-corrected chi connectivity index (χ3v) is 2.71. The van der Waals surface area contributed by atoms with Crippen molar-refractivity contribution in [2.75, 3.05) is 13.7 Å². The van der Waals surface area contributed by atoms with Crippen LogP contribution < -0.4 is 5.48 Å². The molecule has 2 N–H and O–H groups in total. The van der Waals surface area contributed by atoms with E-state index in [2.05, 4.69) is 10.3 Å². The van der Waals surface area contributed by atoms with Crippen molar-refractivity contribution in [3.05, 3.63) is 35.9 Å². The van der Waals surface area contributed by atoms with Gasteiger partial charge < -0.3 is 4.74 Å². The average molecular weight is 296 g/mol. The lowest BCUT2D eigenvalue weighted by Gasteiger charge is -2.21. The van der Waals surface area contributed by atoms with Crippen LogP contribution in [0.5, 0.6) is 0 Å². The van der Waals surface area contributed by atoms with Crippen LogP contribution in [-0.4, -0.2) is 41.8 Å². The van der Waals surface area contributed by atoms with E-state index in [1.165, 1.54) is 7.11 Å². The Balaban J connectivity index is 2.67. The molecule has 0 heterocycles. The quantitative estimate of drug-likeness (QED) is 0.549. The SMILES string of the molecule is CCN(O)C(=O)C(CC(=O)NOC)OCc1ccccc1. The third-order valence-electron chi connectivity index (χ3n) is 2.71. The van der Waals surface area contributed by atoms with Gasteiger partial charge in [-0.3, -0.25) is 19.6 Å². The van der Waals surface area contributed by atoms with Crippen LogP contribution in [0.1, 0.15) is 18.9 Å². The number of hydrogen-bond donors (Lipinski definition) is 2. The highest BCUT2D eigenvalue weighted by atomic mass is 16.6. The predicted molar refractivity (Wildman–Crippen MR) is 74.0 cm³/mol. The van der Waals surface area contributed by atoms with E-state index in [9.17, 15) is 14.8 Å². The first-order chi connectivity index (χ1) is 10.1. The Hall–Kier alpha value is -1.96. The van der Waals surface area contributed by atoms with Gasteiger partial charge in [0, 0.05) is 6.54 Å². The molecule has 21 heavy (non-hydrogen) atoms. The number of ether oxygens (including phenoxy) is 1. The molecular weight excluding hydrogens is 276 g/mol. The molecule has 0 fully saturated rings. The number of rotatable bonds is 8. The number of amides is 2. The smallest absolute Gasteiger partial charge is 0.275 e. The molecule has 0 aliphatic carbocycles. The Kier molecular flexibility index (Phi) is 7.38. The van der Waals surface area contributed by atoms with E-state index in [0.29, 0.717) is 5.06 Å². The Morgan fingerprint density at radius 3 is 2.57 bits per heavy atom. The Labute approximate surface area is 123 Å². The number of hydrogen-bond acceptors (Lipinski definition) is 5. The van der Waals surface area contributed by atoms with E-state index in [1.54, 1.807) is 6.92 Å². The predicted octanol–water partition coefficient (Wildman–Crippen LogP) is 0.877. The summed E-state index contributed by atoms with van der Waals surface area (Å²) < 4.78 is 5.46. The van der Waals surface area contributed by atoms with Gasteiger partial charge in [0.05, 0.1) is 20.1 Å². The van der Waals surface area contributed by atoms with Gasteiger partial charge in [-0.05, 0) is 12.5 Å². The van der Waals surface area contributed by atoms with Crippen LogP contribution in [0.3, 0.4) is 0 Å². The number of likely N-dealkylation sites (N-methyl/N-ethyl adjacent to an activating group) is 1. The number of carbonyl (C=O) groups excluding carboxylic acids is 2. The molecule has 7 nitrogen and oxygen atoms in total. The van der Waals surface area contributed by atoms with Gasteiger partial charge in [0.1, 0.15) is 6.10 Å². The van der Waals surface area contributed by atoms with E-state index >= 15 is 0 Å². The summed E-state index contributed by atoms with van der Waals surface area (Å²) in [5.74, 6) is -1.17. The van der Waals surface area contributed by atoms with Crippen LogP contribution in [-0.2, 0) is 25.8 Å².